The van der Waals surface area contributed by atoms with E-state index in [0.29, 0.717) is 61.4 Å². The van der Waals surface area contributed by atoms with Crippen LogP contribution in [0.15, 0.2) is 146 Å². The number of fused-ring (bicyclic) bond motifs is 3. The van der Waals surface area contributed by atoms with Crippen molar-refractivity contribution in [2.24, 2.45) is 0 Å². The molecule has 250 valence electrons. The number of hydrogen-bond donors (Lipinski definition) is 0. The Balaban J connectivity index is 1.42. The zero-order chi connectivity index (χ0) is 35.3. The lowest BCUT2D eigenvalue weighted by atomic mass is 9.96. The third kappa shape index (κ3) is 5.99. The maximum atomic E-state index is 13.9. The van der Waals surface area contributed by atoms with Gasteiger partial charge < -0.3 is 4.57 Å². The second-order valence-corrected chi connectivity index (χ2v) is 11.9. The van der Waals surface area contributed by atoms with Gasteiger partial charge in [-0.2, -0.15) is 26.3 Å². The molecule has 4 nitrogen and oxygen atoms in total. The smallest absolute Gasteiger partial charge is 0.309 e. The summed E-state index contributed by atoms with van der Waals surface area (Å²) in [4.78, 5) is 14.5. The highest BCUT2D eigenvalue weighted by atomic mass is 19.4. The maximum absolute atomic E-state index is 13.9. The molecule has 0 amide bonds. The fourth-order valence-corrected chi connectivity index (χ4v) is 6.33. The highest BCUT2D eigenvalue weighted by molar-refractivity contribution is 6.09. The van der Waals surface area contributed by atoms with Crippen LogP contribution in [0.25, 0.3) is 72.8 Å². The minimum absolute atomic E-state index is 0.206. The summed E-state index contributed by atoms with van der Waals surface area (Å²) in [6.07, 6.45) is -9.12. The van der Waals surface area contributed by atoms with Gasteiger partial charge in [0.25, 0.3) is 0 Å². The van der Waals surface area contributed by atoms with Crippen molar-refractivity contribution in [1.82, 2.24) is 19.5 Å². The molecule has 0 aliphatic rings. The topological polar surface area (TPSA) is 43.6 Å². The second-order valence-electron chi connectivity index (χ2n) is 11.9. The van der Waals surface area contributed by atoms with E-state index in [4.69, 9.17) is 15.0 Å². The van der Waals surface area contributed by atoms with Crippen molar-refractivity contribution in [3.8, 4) is 51.0 Å². The van der Waals surface area contributed by atoms with Crippen LogP contribution in [0, 0.1) is 0 Å². The van der Waals surface area contributed by atoms with Crippen LogP contribution in [0.5, 0.6) is 0 Å². The van der Waals surface area contributed by atoms with Crippen molar-refractivity contribution in [3.63, 3.8) is 0 Å². The van der Waals surface area contributed by atoms with E-state index in [1.165, 1.54) is 12.1 Å². The molecule has 2 heterocycles. The number of hydrogen-bond acceptors (Lipinski definition) is 3. The third-order valence-electron chi connectivity index (χ3n) is 8.70. The first-order chi connectivity index (χ1) is 24.5. The van der Waals surface area contributed by atoms with Gasteiger partial charge in [-0.1, -0.05) is 97.1 Å². The molecule has 0 aliphatic carbocycles. The molecule has 8 aromatic rings. The molecule has 0 saturated heterocycles. The molecule has 2 aromatic heterocycles. The van der Waals surface area contributed by atoms with Crippen molar-refractivity contribution in [1.29, 1.82) is 0 Å². The molecule has 0 atom stereocenters. The average Bonchev–Trinajstić information content (AvgIpc) is 3.48. The van der Waals surface area contributed by atoms with Gasteiger partial charge in [0.2, 0.25) is 0 Å². The Labute approximate surface area is 287 Å². The van der Waals surface area contributed by atoms with Crippen molar-refractivity contribution < 1.29 is 26.3 Å². The van der Waals surface area contributed by atoms with Crippen LogP contribution in [0.2, 0.25) is 0 Å². The molecule has 0 saturated carbocycles. The van der Waals surface area contributed by atoms with Crippen LogP contribution >= 0.6 is 0 Å². The number of alkyl halides is 6. The second kappa shape index (κ2) is 12.2. The normalized spacial score (nSPS) is 12.1. The first-order valence-corrected chi connectivity index (χ1v) is 15.8. The summed E-state index contributed by atoms with van der Waals surface area (Å²) in [5.41, 5.74) is 2.66. The molecule has 0 bridgehead atoms. The van der Waals surface area contributed by atoms with Crippen LogP contribution in [-0.4, -0.2) is 19.5 Å². The Morgan fingerprint density at radius 1 is 0.392 bits per heavy atom. The predicted octanol–water partition coefficient (Wildman–Crippen LogP) is 11.7. The molecule has 8 rings (SSSR count). The van der Waals surface area contributed by atoms with Gasteiger partial charge in [-0.25, -0.2) is 15.0 Å². The Hall–Kier alpha value is -6.29. The molecular weight excluding hydrogens is 662 g/mol. The lowest BCUT2D eigenvalue weighted by molar-refractivity contribution is -0.138. The van der Waals surface area contributed by atoms with E-state index in [1.807, 2.05) is 71.3 Å². The average molecular weight is 687 g/mol. The number of benzene rings is 6. The minimum Gasteiger partial charge on any atom is -0.309 e. The van der Waals surface area contributed by atoms with Crippen LogP contribution in [0.3, 0.4) is 0 Å². The van der Waals surface area contributed by atoms with Crippen LogP contribution in [0.4, 0.5) is 26.3 Å². The highest BCUT2D eigenvalue weighted by Gasteiger charge is 2.32. The van der Waals surface area contributed by atoms with E-state index in [2.05, 4.69) is 0 Å². The van der Waals surface area contributed by atoms with E-state index < -0.39 is 23.5 Å². The Morgan fingerprint density at radius 3 is 1.59 bits per heavy atom. The summed E-state index contributed by atoms with van der Waals surface area (Å²) < 4.78 is 85.1. The summed E-state index contributed by atoms with van der Waals surface area (Å²) in [5.74, 6) is 0.921. The van der Waals surface area contributed by atoms with Crippen molar-refractivity contribution >= 4 is 21.8 Å². The van der Waals surface area contributed by atoms with Crippen molar-refractivity contribution in [2.75, 3.05) is 0 Å². The molecule has 0 N–H and O–H groups in total. The molecule has 0 spiro atoms. The Bertz CT molecular complexity index is 2500. The van der Waals surface area contributed by atoms with E-state index in [9.17, 15) is 26.3 Å². The minimum atomic E-state index is -4.58. The molecule has 0 unspecified atom stereocenters. The van der Waals surface area contributed by atoms with Gasteiger partial charge in [0.15, 0.2) is 17.5 Å². The third-order valence-corrected chi connectivity index (χ3v) is 8.70. The largest absolute Gasteiger partial charge is 0.416 e. The summed E-state index contributed by atoms with van der Waals surface area (Å²) >= 11 is 0. The first kappa shape index (κ1) is 31.9. The molecule has 0 aliphatic heterocycles. The number of nitrogens with zero attached hydrogens (tertiary/aromatic N) is 4. The van der Waals surface area contributed by atoms with E-state index in [1.54, 1.807) is 42.5 Å². The molecule has 6 aromatic carbocycles. The summed E-state index contributed by atoms with van der Waals surface area (Å²) in [6, 6.07) is 39.5. The number of para-hydroxylation sites is 1. The number of aromatic nitrogens is 4. The molecular formula is C41H24F6N4. The highest BCUT2D eigenvalue weighted by Crippen LogP contribution is 2.41. The zero-order valence-electron chi connectivity index (χ0n) is 26.4. The van der Waals surface area contributed by atoms with Crippen LogP contribution in [-0.2, 0) is 12.4 Å². The Kier molecular flexibility index (Phi) is 7.67. The van der Waals surface area contributed by atoms with Gasteiger partial charge in [-0.3, -0.25) is 0 Å². The van der Waals surface area contributed by atoms with E-state index in [-0.39, 0.29) is 11.4 Å². The molecule has 0 fully saturated rings. The monoisotopic (exact) mass is 686 g/mol. The predicted molar refractivity (Wildman–Crippen MR) is 186 cm³/mol. The zero-order valence-corrected chi connectivity index (χ0v) is 26.4. The van der Waals surface area contributed by atoms with Gasteiger partial charge in [0.05, 0.1) is 22.2 Å². The quantitative estimate of drug-likeness (QED) is 0.169. The summed E-state index contributed by atoms with van der Waals surface area (Å²) in [6.45, 7) is 0. The molecule has 10 heteroatoms. The number of halogens is 6. The van der Waals surface area contributed by atoms with Crippen LogP contribution in [0.1, 0.15) is 11.1 Å². The lowest BCUT2D eigenvalue weighted by Crippen LogP contribution is -2.05. The summed E-state index contributed by atoms with van der Waals surface area (Å²) in [7, 11) is 0. The van der Waals surface area contributed by atoms with E-state index >= 15 is 0 Å². The van der Waals surface area contributed by atoms with Crippen molar-refractivity contribution in [2.45, 2.75) is 12.4 Å². The fraction of sp³-hybridized carbons (Fsp3) is 0.0488. The lowest BCUT2D eigenvalue weighted by Gasteiger charge is -2.16. The van der Waals surface area contributed by atoms with Gasteiger partial charge in [0.1, 0.15) is 0 Å². The van der Waals surface area contributed by atoms with Gasteiger partial charge in [0, 0.05) is 33.2 Å². The first-order valence-electron chi connectivity index (χ1n) is 15.8. The molecule has 51 heavy (non-hydrogen) atoms. The number of rotatable bonds is 5. The van der Waals surface area contributed by atoms with Gasteiger partial charge in [-0.05, 0) is 59.7 Å². The van der Waals surface area contributed by atoms with Crippen molar-refractivity contribution in [3.05, 3.63) is 157 Å². The Morgan fingerprint density at radius 2 is 0.941 bits per heavy atom. The van der Waals surface area contributed by atoms with Gasteiger partial charge >= 0.3 is 12.4 Å². The standard InChI is InChI=1S/C41H24F6N4/c42-40(43,44)28-15-9-14-27(22-28)31-20-19-30(51-35-17-8-7-16-32(35)33-23-29(41(45,46)47)18-21-36(33)51)24-34(31)39-49-37(25-10-3-1-4-11-25)48-38(50-39)26-12-5-2-6-13-26/h1-24H. The van der Waals surface area contributed by atoms with Crippen LogP contribution < -0.4 is 0 Å². The van der Waals surface area contributed by atoms with Gasteiger partial charge in [-0.15, -0.1) is 0 Å². The maximum Gasteiger partial charge on any atom is 0.416 e. The summed E-state index contributed by atoms with van der Waals surface area (Å²) in [5, 5.41) is 1.02. The SMILES string of the molecule is FC(F)(F)c1cccc(-c2ccc(-n3c4ccccc4c4cc(C(F)(F)F)ccc43)cc2-c2nc(-c3ccccc3)nc(-c3ccccc3)n2)c1. The fourth-order valence-electron chi connectivity index (χ4n) is 6.33. The van der Waals surface area contributed by atoms with E-state index in [0.717, 1.165) is 24.3 Å². The molecule has 0 radical (unpaired) electrons.